The molecule has 5 nitrogen and oxygen atoms in total. The van der Waals surface area contributed by atoms with E-state index in [1.54, 1.807) is 19.1 Å². The summed E-state index contributed by atoms with van der Waals surface area (Å²) in [7, 11) is 3.27. The van der Waals surface area contributed by atoms with E-state index in [1.165, 1.54) is 11.8 Å². The molecular formula is C14H20N2O3. The summed E-state index contributed by atoms with van der Waals surface area (Å²) in [4.78, 5) is 26.6. The molecule has 104 valence electrons. The molecule has 0 saturated heterocycles. The van der Waals surface area contributed by atoms with Crippen molar-refractivity contribution in [1.29, 1.82) is 0 Å². The lowest BCUT2D eigenvalue weighted by Crippen LogP contribution is -2.42. The fourth-order valence-corrected chi connectivity index (χ4v) is 1.61. The standard InChI is InChI=1S/C14H20N2O3/c1-12(17)16(9-10-19-3)11-14(18)15(2)13-7-5-4-6-8-13/h4-8H,9-11H2,1-3H3. The molecule has 0 aliphatic heterocycles. The van der Waals surface area contributed by atoms with Gasteiger partial charge < -0.3 is 14.5 Å². The Morgan fingerprint density at radius 3 is 2.37 bits per heavy atom. The molecule has 19 heavy (non-hydrogen) atoms. The molecule has 0 radical (unpaired) electrons. The lowest BCUT2D eigenvalue weighted by Gasteiger charge is -2.24. The number of hydrogen-bond acceptors (Lipinski definition) is 3. The Kier molecular flexibility index (Phi) is 6.02. The Morgan fingerprint density at radius 1 is 1.21 bits per heavy atom. The number of hydrogen-bond donors (Lipinski definition) is 0. The first kappa shape index (κ1) is 15.2. The van der Waals surface area contributed by atoms with Gasteiger partial charge in [0.25, 0.3) is 0 Å². The minimum absolute atomic E-state index is 0.0596. The van der Waals surface area contributed by atoms with Crippen molar-refractivity contribution in [3.05, 3.63) is 30.3 Å². The van der Waals surface area contributed by atoms with Crippen LogP contribution in [0.1, 0.15) is 6.92 Å². The fourth-order valence-electron chi connectivity index (χ4n) is 1.61. The molecule has 5 heteroatoms. The van der Waals surface area contributed by atoms with Gasteiger partial charge in [-0.25, -0.2) is 0 Å². The van der Waals surface area contributed by atoms with E-state index < -0.39 is 0 Å². The molecule has 0 saturated carbocycles. The molecule has 0 fully saturated rings. The van der Waals surface area contributed by atoms with Crippen LogP contribution in [0, 0.1) is 0 Å². The fraction of sp³-hybridized carbons (Fsp3) is 0.429. The van der Waals surface area contributed by atoms with Gasteiger partial charge in [-0.1, -0.05) is 18.2 Å². The van der Waals surface area contributed by atoms with Crippen molar-refractivity contribution < 1.29 is 14.3 Å². The summed E-state index contributed by atoms with van der Waals surface area (Å²) in [5.74, 6) is -0.260. The van der Waals surface area contributed by atoms with Crippen LogP contribution in [0.5, 0.6) is 0 Å². The maximum atomic E-state index is 12.1. The first-order chi connectivity index (χ1) is 9.06. The number of benzene rings is 1. The van der Waals surface area contributed by atoms with Crippen molar-refractivity contribution in [3.8, 4) is 0 Å². The van der Waals surface area contributed by atoms with Gasteiger partial charge in [0.1, 0.15) is 6.54 Å². The van der Waals surface area contributed by atoms with Crippen LogP contribution in [0.2, 0.25) is 0 Å². The normalized spacial score (nSPS) is 10.1. The summed E-state index contributed by atoms with van der Waals surface area (Å²) in [6, 6.07) is 9.33. The summed E-state index contributed by atoms with van der Waals surface area (Å²) < 4.78 is 4.93. The Labute approximate surface area is 113 Å². The molecule has 0 bridgehead atoms. The van der Waals surface area contributed by atoms with Gasteiger partial charge in [-0.3, -0.25) is 9.59 Å². The molecule has 0 aliphatic rings. The first-order valence-electron chi connectivity index (χ1n) is 6.12. The summed E-state index contributed by atoms with van der Waals surface area (Å²) >= 11 is 0. The van der Waals surface area contributed by atoms with Gasteiger partial charge in [0.05, 0.1) is 6.61 Å². The number of likely N-dealkylation sites (N-methyl/N-ethyl adjacent to an activating group) is 1. The monoisotopic (exact) mass is 264 g/mol. The maximum absolute atomic E-state index is 12.1. The molecule has 0 atom stereocenters. The minimum atomic E-state index is -0.133. The van der Waals surface area contributed by atoms with E-state index in [1.807, 2.05) is 30.3 Å². The highest BCUT2D eigenvalue weighted by atomic mass is 16.5. The number of methoxy groups -OCH3 is 1. The molecule has 0 spiro atoms. The zero-order valence-electron chi connectivity index (χ0n) is 11.6. The van der Waals surface area contributed by atoms with Gasteiger partial charge in [0.15, 0.2) is 0 Å². The van der Waals surface area contributed by atoms with E-state index in [0.717, 1.165) is 5.69 Å². The third-order valence-corrected chi connectivity index (χ3v) is 2.85. The molecule has 1 rings (SSSR count). The van der Waals surface area contributed by atoms with Crippen LogP contribution in [0.25, 0.3) is 0 Å². The topological polar surface area (TPSA) is 49.9 Å². The average molecular weight is 264 g/mol. The van der Waals surface area contributed by atoms with Gasteiger partial charge >= 0.3 is 0 Å². The van der Waals surface area contributed by atoms with Gasteiger partial charge in [0, 0.05) is 33.3 Å². The van der Waals surface area contributed by atoms with Crippen LogP contribution in [0.4, 0.5) is 5.69 Å². The largest absolute Gasteiger partial charge is 0.383 e. The lowest BCUT2D eigenvalue weighted by atomic mass is 10.3. The van der Waals surface area contributed by atoms with Crippen molar-refractivity contribution in [1.82, 2.24) is 4.90 Å². The highest BCUT2D eigenvalue weighted by molar-refractivity contribution is 5.95. The summed E-state index contributed by atoms with van der Waals surface area (Å²) in [5.41, 5.74) is 0.808. The lowest BCUT2D eigenvalue weighted by molar-refractivity contribution is -0.133. The number of carbonyl (C=O) groups is 2. The number of rotatable bonds is 6. The predicted molar refractivity (Wildman–Crippen MR) is 74.0 cm³/mol. The second-order valence-electron chi connectivity index (χ2n) is 4.22. The Bertz CT molecular complexity index is 420. The SMILES string of the molecule is COCCN(CC(=O)N(C)c1ccccc1)C(C)=O. The molecule has 0 aliphatic carbocycles. The zero-order chi connectivity index (χ0) is 14.3. The van der Waals surface area contributed by atoms with E-state index in [9.17, 15) is 9.59 Å². The van der Waals surface area contributed by atoms with Gasteiger partial charge in [0.2, 0.25) is 11.8 Å². The number of amides is 2. The van der Waals surface area contributed by atoms with E-state index in [2.05, 4.69) is 0 Å². The van der Waals surface area contributed by atoms with Crippen LogP contribution in [0.3, 0.4) is 0 Å². The summed E-state index contributed by atoms with van der Waals surface area (Å²) in [6.07, 6.45) is 0. The van der Waals surface area contributed by atoms with E-state index in [0.29, 0.717) is 13.2 Å². The summed E-state index contributed by atoms with van der Waals surface area (Å²) in [6.45, 7) is 2.34. The number of ether oxygens (including phenoxy) is 1. The predicted octanol–water partition coefficient (Wildman–Crippen LogP) is 1.14. The maximum Gasteiger partial charge on any atom is 0.246 e. The van der Waals surface area contributed by atoms with Crippen molar-refractivity contribution in [2.75, 3.05) is 38.8 Å². The van der Waals surface area contributed by atoms with Crippen LogP contribution in [-0.4, -0.2) is 50.6 Å². The molecule has 1 aromatic carbocycles. The van der Waals surface area contributed by atoms with Crippen LogP contribution >= 0.6 is 0 Å². The number of carbonyl (C=O) groups excluding carboxylic acids is 2. The third kappa shape index (κ3) is 4.71. The van der Waals surface area contributed by atoms with E-state index >= 15 is 0 Å². The van der Waals surface area contributed by atoms with Crippen LogP contribution < -0.4 is 4.90 Å². The second kappa shape index (κ2) is 7.53. The van der Waals surface area contributed by atoms with E-state index in [4.69, 9.17) is 4.74 Å². The van der Waals surface area contributed by atoms with Crippen molar-refractivity contribution >= 4 is 17.5 Å². The second-order valence-corrected chi connectivity index (χ2v) is 4.22. The van der Waals surface area contributed by atoms with Gasteiger partial charge in [-0.05, 0) is 12.1 Å². The van der Waals surface area contributed by atoms with Crippen LogP contribution in [-0.2, 0) is 14.3 Å². The van der Waals surface area contributed by atoms with Crippen molar-refractivity contribution in [2.24, 2.45) is 0 Å². The number of anilines is 1. The highest BCUT2D eigenvalue weighted by Gasteiger charge is 2.17. The Balaban J connectivity index is 2.64. The van der Waals surface area contributed by atoms with Gasteiger partial charge in [-0.2, -0.15) is 0 Å². The summed E-state index contributed by atoms with van der Waals surface area (Å²) in [5, 5.41) is 0. The molecule has 0 N–H and O–H groups in total. The highest BCUT2D eigenvalue weighted by Crippen LogP contribution is 2.11. The molecular weight excluding hydrogens is 244 g/mol. The Hall–Kier alpha value is -1.88. The number of para-hydroxylation sites is 1. The first-order valence-corrected chi connectivity index (χ1v) is 6.12. The zero-order valence-corrected chi connectivity index (χ0v) is 11.6. The van der Waals surface area contributed by atoms with Crippen molar-refractivity contribution in [2.45, 2.75) is 6.92 Å². The van der Waals surface area contributed by atoms with Gasteiger partial charge in [-0.15, -0.1) is 0 Å². The molecule has 2 amide bonds. The number of nitrogens with zero attached hydrogens (tertiary/aromatic N) is 2. The third-order valence-electron chi connectivity index (χ3n) is 2.85. The Morgan fingerprint density at radius 2 is 1.84 bits per heavy atom. The van der Waals surface area contributed by atoms with Crippen molar-refractivity contribution in [3.63, 3.8) is 0 Å². The molecule has 1 aromatic rings. The quantitative estimate of drug-likeness (QED) is 0.774. The van der Waals surface area contributed by atoms with Crippen LogP contribution in [0.15, 0.2) is 30.3 Å². The average Bonchev–Trinajstić information content (AvgIpc) is 2.43. The minimum Gasteiger partial charge on any atom is -0.383 e. The smallest absolute Gasteiger partial charge is 0.246 e. The molecule has 0 aromatic heterocycles. The molecule has 0 heterocycles. The van der Waals surface area contributed by atoms with E-state index in [-0.39, 0.29) is 18.4 Å². The molecule has 0 unspecified atom stereocenters.